The maximum Gasteiger partial charge on any atom is 0.136 e. The molecule has 0 saturated carbocycles. The molecular formula is C16H24BrNO. The molecule has 0 aromatic heterocycles. The van der Waals surface area contributed by atoms with Crippen molar-refractivity contribution in [1.29, 1.82) is 0 Å². The van der Waals surface area contributed by atoms with Crippen LogP contribution in [-0.2, 0) is 5.41 Å². The molecule has 0 unspecified atom stereocenters. The van der Waals surface area contributed by atoms with E-state index in [9.17, 15) is 0 Å². The first-order valence-electron chi connectivity index (χ1n) is 7.02. The zero-order chi connectivity index (χ0) is 14.0. The number of rotatable bonds is 2. The molecule has 1 fully saturated rings. The van der Waals surface area contributed by atoms with E-state index in [0.717, 1.165) is 23.3 Å². The summed E-state index contributed by atoms with van der Waals surface area (Å²) in [4.78, 5) is 0. The summed E-state index contributed by atoms with van der Waals surface area (Å²) < 4.78 is 6.71. The molecule has 106 valence electrons. The van der Waals surface area contributed by atoms with Crippen molar-refractivity contribution in [3.8, 4) is 5.75 Å². The third-order valence-electron chi connectivity index (χ3n) is 3.92. The van der Waals surface area contributed by atoms with Gasteiger partial charge in [0.1, 0.15) is 5.75 Å². The molecule has 0 atom stereocenters. The van der Waals surface area contributed by atoms with Crippen LogP contribution in [0.4, 0.5) is 0 Å². The average molecular weight is 326 g/mol. The molecule has 0 spiro atoms. The van der Waals surface area contributed by atoms with E-state index in [1.807, 2.05) is 0 Å². The Kier molecular flexibility index (Phi) is 4.57. The Labute approximate surface area is 125 Å². The summed E-state index contributed by atoms with van der Waals surface area (Å²) in [5, 5.41) is 3.43. The first kappa shape index (κ1) is 14.9. The summed E-state index contributed by atoms with van der Waals surface area (Å²) in [6.07, 6.45) is 2.38. The Balaban J connectivity index is 2.46. The highest BCUT2D eigenvalue weighted by Gasteiger charge is 2.24. The van der Waals surface area contributed by atoms with Crippen LogP contribution < -0.4 is 10.1 Å². The number of halogens is 1. The Hall–Kier alpha value is -0.540. The van der Waals surface area contributed by atoms with Crippen molar-refractivity contribution in [2.75, 3.05) is 20.2 Å². The van der Waals surface area contributed by atoms with Gasteiger partial charge in [-0.3, -0.25) is 0 Å². The van der Waals surface area contributed by atoms with Crippen molar-refractivity contribution in [3.63, 3.8) is 0 Å². The van der Waals surface area contributed by atoms with Crippen LogP contribution >= 0.6 is 15.9 Å². The van der Waals surface area contributed by atoms with E-state index in [0.29, 0.717) is 5.92 Å². The molecule has 1 aromatic carbocycles. The minimum absolute atomic E-state index is 0.163. The fourth-order valence-corrected chi connectivity index (χ4v) is 3.34. The minimum Gasteiger partial charge on any atom is -0.495 e. The number of hydrogen-bond acceptors (Lipinski definition) is 2. The summed E-state index contributed by atoms with van der Waals surface area (Å²) in [5.74, 6) is 1.62. The quantitative estimate of drug-likeness (QED) is 0.878. The lowest BCUT2D eigenvalue weighted by atomic mass is 9.82. The van der Waals surface area contributed by atoms with Crippen LogP contribution in [0.25, 0.3) is 0 Å². The van der Waals surface area contributed by atoms with E-state index in [2.05, 4.69) is 54.2 Å². The van der Waals surface area contributed by atoms with Gasteiger partial charge < -0.3 is 10.1 Å². The van der Waals surface area contributed by atoms with Gasteiger partial charge in [0.2, 0.25) is 0 Å². The predicted molar refractivity (Wildman–Crippen MR) is 84.2 cm³/mol. The number of piperidine rings is 1. The first-order valence-corrected chi connectivity index (χ1v) is 7.81. The van der Waals surface area contributed by atoms with Gasteiger partial charge in [0, 0.05) is 0 Å². The second kappa shape index (κ2) is 5.84. The van der Waals surface area contributed by atoms with Gasteiger partial charge in [-0.2, -0.15) is 0 Å². The van der Waals surface area contributed by atoms with Crippen molar-refractivity contribution in [3.05, 3.63) is 27.7 Å². The van der Waals surface area contributed by atoms with Crippen LogP contribution in [0.15, 0.2) is 16.6 Å². The lowest BCUT2D eigenvalue weighted by Gasteiger charge is -2.28. The highest BCUT2D eigenvalue weighted by Crippen LogP contribution is 2.40. The van der Waals surface area contributed by atoms with E-state index >= 15 is 0 Å². The van der Waals surface area contributed by atoms with Crippen molar-refractivity contribution in [2.24, 2.45) is 0 Å². The Morgan fingerprint density at radius 2 is 1.84 bits per heavy atom. The summed E-state index contributed by atoms with van der Waals surface area (Å²) in [6, 6.07) is 4.54. The fraction of sp³-hybridized carbons (Fsp3) is 0.625. The van der Waals surface area contributed by atoms with Gasteiger partial charge in [-0.1, -0.05) is 26.8 Å². The summed E-state index contributed by atoms with van der Waals surface area (Å²) in [7, 11) is 1.77. The molecule has 0 bridgehead atoms. The first-order chi connectivity index (χ1) is 8.93. The molecule has 1 heterocycles. The number of ether oxygens (including phenoxy) is 1. The molecule has 2 nitrogen and oxygen atoms in total. The lowest BCUT2D eigenvalue weighted by Crippen LogP contribution is -2.27. The second-order valence-corrected chi connectivity index (χ2v) is 7.21. The third kappa shape index (κ3) is 3.32. The molecule has 0 amide bonds. The van der Waals surface area contributed by atoms with E-state index in [1.54, 1.807) is 7.11 Å². The van der Waals surface area contributed by atoms with Crippen LogP contribution in [0, 0.1) is 0 Å². The number of methoxy groups -OCH3 is 1. The zero-order valence-electron chi connectivity index (χ0n) is 12.3. The van der Waals surface area contributed by atoms with E-state index in [-0.39, 0.29) is 5.41 Å². The number of benzene rings is 1. The Morgan fingerprint density at radius 1 is 1.21 bits per heavy atom. The summed E-state index contributed by atoms with van der Waals surface area (Å²) >= 11 is 3.68. The van der Waals surface area contributed by atoms with Crippen LogP contribution in [0.2, 0.25) is 0 Å². The molecule has 1 N–H and O–H groups in total. The third-order valence-corrected chi connectivity index (χ3v) is 4.51. The molecular weight excluding hydrogens is 302 g/mol. The monoisotopic (exact) mass is 325 g/mol. The average Bonchev–Trinajstić information content (AvgIpc) is 2.37. The van der Waals surface area contributed by atoms with Crippen LogP contribution in [0.3, 0.4) is 0 Å². The maximum atomic E-state index is 5.63. The van der Waals surface area contributed by atoms with Gasteiger partial charge in [-0.25, -0.2) is 0 Å². The van der Waals surface area contributed by atoms with Crippen LogP contribution in [0.1, 0.15) is 50.7 Å². The van der Waals surface area contributed by atoms with Crippen molar-refractivity contribution in [1.82, 2.24) is 5.32 Å². The predicted octanol–water partition coefficient (Wildman–Crippen LogP) is 4.22. The fourth-order valence-electron chi connectivity index (χ4n) is 2.70. The molecule has 1 aliphatic heterocycles. The minimum atomic E-state index is 0.163. The number of nitrogens with one attached hydrogen (secondary N) is 1. The molecule has 0 aliphatic carbocycles. The molecule has 1 saturated heterocycles. The van der Waals surface area contributed by atoms with Gasteiger partial charge in [-0.05, 0) is 70.4 Å². The summed E-state index contributed by atoms with van der Waals surface area (Å²) in [5.41, 5.74) is 2.90. The molecule has 1 aliphatic rings. The summed E-state index contributed by atoms with van der Waals surface area (Å²) in [6.45, 7) is 8.98. The van der Waals surface area contributed by atoms with Gasteiger partial charge in [0.05, 0.1) is 11.6 Å². The van der Waals surface area contributed by atoms with E-state index < -0.39 is 0 Å². The molecule has 0 radical (unpaired) electrons. The molecule has 3 heteroatoms. The standard InChI is InChI=1S/C16H24BrNO/c1-16(2,3)12-9-13(11-5-7-18-8-6-11)15(19-4)14(17)10-12/h9-11,18H,5-8H2,1-4H3. The number of hydrogen-bond donors (Lipinski definition) is 1. The van der Waals surface area contributed by atoms with Crippen LogP contribution in [-0.4, -0.2) is 20.2 Å². The lowest BCUT2D eigenvalue weighted by molar-refractivity contribution is 0.388. The zero-order valence-corrected chi connectivity index (χ0v) is 13.9. The van der Waals surface area contributed by atoms with Crippen molar-refractivity contribution in [2.45, 2.75) is 44.9 Å². The van der Waals surface area contributed by atoms with Gasteiger partial charge in [0.15, 0.2) is 0 Å². The van der Waals surface area contributed by atoms with Gasteiger partial charge >= 0.3 is 0 Å². The second-order valence-electron chi connectivity index (χ2n) is 6.35. The van der Waals surface area contributed by atoms with Gasteiger partial charge in [-0.15, -0.1) is 0 Å². The highest BCUT2D eigenvalue weighted by atomic mass is 79.9. The Morgan fingerprint density at radius 3 is 2.37 bits per heavy atom. The molecule has 19 heavy (non-hydrogen) atoms. The van der Waals surface area contributed by atoms with Crippen molar-refractivity contribution >= 4 is 15.9 Å². The van der Waals surface area contributed by atoms with Crippen LogP contribution in [0.5, 0.6) is 5.75 Å². The molecule has 1 aromatic rings. The largest absolute Gasteiger partial charge is 0.495 e. The Bertz CT molecular complexity index is 445. The highest BCUT2D eigenvalue weighted by molar-refractivity contribution is 9.10. The maximum absolute atomic E-state index is 5.63. The van der Waals surface area contributed by atoms with Crippen molar-refractivity contribution < 1.29 is 4.74 Å². The van der Waals surface area contributed by atoms with E-state index in [1.165, 1.54) is 24.0 Å². The normalized spacial score (nSPS) is 17.5. The SMILES string of the molecule is COc1c(Br)cc(C(C)(C)C)cc1C1CCNCC1. The van der Waals surface area contributed by atoms with Gasteiger partial charge in [0.25, 0.3) is 0 Å². The molecule has 2 rings (SSSR count). The van der Waals surface area contributed by atoms with E-state index in [4.69, 9.17) is 4.74 Å². The smallest absolute Gasteiger partial charge is 0.136 e. The topological polar surface area (TPSA) is 21.3 Å².